The standard InChI is InChI=1S/C4H9NO2S2/c6-9(5-8)3-1-7-2-4-9/h8H,1-4H2. The van der Waals surface area contributed by atoms with Crippen molar-refractivity contribution in [2.24, 2.45) is 3.77 Å². The van der Waals surface area contributed by atoms with Crippen LogP contribution < -0.4 is 0 Å². The normalized spacial score (nSPS) is 25.4. The fourth-order valence-electron chi connectivity index (χ4n) is 0.664. The smallest absolute Gasteiger partial charge is 0.0624 e. The first-order chi connectivity index (χ1) is 4.27. The summed E-state index contributed by atoms with van der Waals surface area (Å²) < 4.78 is 19.8. The van der Waals surface area contributed by atoms with E-state index in [2.05, 4.69) is 16.6 Å². The molecule has 0 bridgehead atoms. The molecule has 0 radical (unpaired) electrons. The van der Waals surface area contributed by atoms with Crippen molar-refractivity contribution < 1.29 is 8.95 Å². The molecule has 0 spiro atoms. The Morgan fingerprint density at radius 1 is 1.44 bits per heavy atom. The minimum atomic E-state index is -1.96. The van der Waals surface area contributed by atoms with E-state index in [1.807, 2.05) is 0 Å². The molecule has 0 aromatic rings. The van der Waals surface area contributed by atoms with Crippen molar-refractivity contribution in [2.75, 3.05) is 24.7 Å². The zero-order chi connectivity index (χ0) is 6.74. The highest BCUT2D eigenvalue weighted by Crippen LogP contribution is 2.04. The lowest BCUT2D eigenvalue weighted by Gasteiger charge is -2.14. The monoisotopic (exact) mass is 167 g/mol. The molecule has 1 rings (SSSR count). The molecule has 0 amide bonds. The van der Waals surface area contributed by atoms with Crippen LogP contribution in [-0.2, 0) is 14.5 Å². The molecule has 9 heavy (non-hydrogen) atoms. The molecule has 54 valence electrons. The predicted molar refractivity (Wildman–Crippen MR) is 40.1 cm³/mol. The Labute approximate surface area is 60.5 Å². The summed E-state index contributed by atoms with van der Waals surface area (Å²) in [6.07, 6.45) is 0. The molecule has 3 nitrogen and oxygen atoms in total. The van der Waals surface area contributed by atoms with Gasteiger partial charge in [0.05, 0.1) is 34.4 Å². The average molecular weight is 167 g/mol. The van der Waals surface area contributed by atoms with Crippen molar-refractivity contribution in [1.82, 2.24) is 0 Å². The van der Waals surface area contributed by atoms with Gasteiger partial charge in [-0.05, 0) is 12.8 Å². The van der Waals surface area contributed by atoms with Crippen LogP contribution in [-0.4, -0.2) is 28.9 Å². The quantitative estimate of drug-likeness (QED) is 0.528. The second kappa shape index (κ2) is 2.90. The van der Waals surface area contributed by atoms with E-state index >= 15 is 0 Å². The molecule has 0 unspecified atom stereocenters. The van der Waals surface area contributed by atoms with Gasteiger partial charge in [-0.2, -0.15) is 3.77 Å². The van der Waals surface area contributed by atoms with E-state index < -0.39 is 9.73 Å². The molecule has 5 heteroatoms. The summed E-state index contributed by atoms with van der Waals surface area (Å²) in [6, 6.07) is 0. The molecule has 0 aliphatic carbocycles. The van der Waals surface area contributed by atoms with Crippen molar-refractivity contribution in [3.8, 4) is 0 Å². The van der Waals surface area contributed by atoms with Gasteiger partial charge in [-0.25, -0.2) is 4.21 Å². The Hall–Kier alpha value is 0.260. The molecular formula is C4H9NO2S2. The molecule has 0 aromatic heterocycles. The Kier molecular flexibility index (Phi) is 2.37. The second-order valence-electron chi connectivity index (χ2n) is 1.87. The summed E-state index contributed by atoms with van der Waals surface area (Å²) in [5, 5.41) is 0. The Balaban J connectivity index is 2.70. The van der Waals surface area contributed by atoms with Gasteiger partial charge >= 0.3 is 0 Å². The van der Waals surface area contributed by atoms with Crippen molar-refractivity contribution in [2.45, 2.75) is 0 Å². The molecular weight excluding hydrogens is 158 g/mol. The van der Waals surface area contributed by atoms with E-state index in [0.717, 1.165) is 0 Å². The SMILES string of the molecule is O=S1(=NS)CCOCC1. The van der Waals surface area contributed by atoms with E-state index in [-0.39, 0.29) is 0 Å². The van der Waals surface area contributed by atoms with Crippen LogP contribution in [0.15, 0.2) is 3.77 Å². The zero-order valence-corrected chi connectivity index (χ0v) is 6.66. The molecule has 1 fully saturated rings. The van der Waals surface area contributed by atoms with Crippen molar-refractivity contribution in [3.05, 3.63) is 0 Å². The van der Waals surface area contributed by atoms with Crippen LogP contribution in [0.2, 0.25) is 0 Å². The van der Waals surface area contributed by atoms with E-state index in [1.165, 1.54) is 0 Å². The molecule has 1 aliphatic rings. The topological polar surface area (TPSA) is 38.7 Å². The van der Waals surface area contributed by atoms with Crippen LogP contribution in [0, 0.1) is 0 Å². The zero-order valence-electron chi connectivity index (χ0n) is 4.95. The number of thiol groups is 1. The second-order valence-corrected chi connectivity index (χ2v) is 4.89. The van der Waals surface area contributed by atoms with Gasteiger partial charge in [0, 0.05) is 0 Å². The highest BCUT2D eigenvalue weighted by molar-refractivity contribution is 8.00. The van der Waals surface area contributed by atoms with Gasteiger partial charge in [-0.15, -0.1) is 0 Å². The number of hydrogen-bond donors (Lipinski definition) is 1. The van der Waals surface area contributed by atoms with Gasteiger partial charge in [-0.3, -0.25) is 0 Å². The lowest BCUT2D eigenvalue weighted by Crippen LogP contribution is -2.24. The number of rotatable bonds is 0. The molecule has 0 N–H and O–H groups in total. The summed E-state index contributed by atoms with van der Waals surface area (Å²) in [6.45, 7) is 1.12. The van der Waals surface area contributed by atoms with Crippen molar-refractivity contribution in [1.29, 1.82) is 0 Å². The molecule has 1 heterocycles. The third kappa shape index (κ3) is 1.84. The predicted octanol–water partition coefficient (Wildman–Crippen LogP) is 0.329. The summed E-state index contributed by atoms with van der Waals surface area (Å²) >= 11 is 3.64. The summed E-state index contributed by atoms with van der Waals surface area (Å²) in [5.41, 5.74) is 0. The van der Waals surface area contributed by atoms with E-state index in [4.69, 9.17) is 4.74 Å². The number of nitrogens with zero attached hydrogens (tertiary/aromatic N) is 1. The average Bonchev–Trinajstić information content (AvgIpc) is 1.90. The number of ether oxygens (including phenoxy) is 1. The Bertz CT molecular complexity index is 183. The van der Waals surface area contributed by atoms with Crippen LogP contribution in [0.5, 0.6) is 0 Å². The lowest BCUT2D eigenvalue weighted by molar-refractivity contribution is 0.158. The van der Waals surface area contributed by atoms with Gasteiger partial charge in [-0.1, -0.05) is 0 Å². The maximum atomic E-state index is 11.3. The maximum Gasteiger partial charge on any atom is 0.0624 e. The third-order valence-corrected chi connectivity index (χ3v) is 4.04. The van der Waals surface area contributed by atoms with Crippen LogP contribution in [0.1, 0.15) is 0 Å². The molecule has 1 saturated heterocycles. The molecule has 0 aromatic carbocycles. The highest BCUT2D eigenvalue weighted by atomic mass is 32.2. The largest absolute Gasteiger partial charge is 0.379 e. The van der Waals surface area contributed by atoms with E-state index in [9.17, 15) is 4.21 Å². The van der Waals surface area contributed by atoms with Gasteiger partial charge in [0.1, 0.15) is 0 Å². The van der Waals surface area contributed by atoms with Crippen LogP contribution in [0.3, 0.4) is 0 Å². The first-order valence-corrected chi connectivity index (χ1v) is 4.96. The first-order valence-electron chi connectivity index (χ1n) is 2.70. The molecule has 0 atom stereocenters. The first kappa shape index (κ1) is 7.37. The molecule has 0 saturated carbocycles. The fraction of sp³-hybridized carbons (Fsp3) is 1.00. The Morgan fingerprint density at radius 2 is 2.00 bits per heavy atom. The van der Waals surface area contributed by atoms with E-state index in [0.29, 0.717) is 24.7 Å². The van der Waals surface area contributed by atoms with Gasteiger partial charge < -0.3 is 4.74 Å². The van der Waals surface area contributed by atoms with Gasteiger partial charge in [0.15, 0.2) is 0 Å². The summed E-state index contributed by atoms with van der Waals surface area (Å²) in [4.78, 5) is 0. The van der Waals surface area contributed by atoms with Gasteiger partial charge in [0.2, 0.25) is 0 Å². The maximum absolute atomic E-state index is 11.3. The highest BCUT2D eigenvalue weighted by Gasteiger charge is 2.12. The van der Waals surface area contributed by atoms with E-state index in [1.54, 1.807) is 0 Å². The number of hydrogen-bond acceptors (Lipinski definition) is 3. The van der Waals surface area contributed by atoms with Gasteiger partial charge in [0.25, 0.3) is 0 Å². The lowest BCUT2D eigenvalue weighted by atomic mass is 10.8. The third-order valence-electron chi connectivity index (χ3n) is 1.24. The summed E-state index contributed by atoms with van der Waals surface area (Å²) in [5.74, 6) is 1.08. The van der Waals surface area contributed by atoms with Crippen LogP contribution in [0.4, 0.5) is 0 Å². The Morgan fingerprint density at radius 3 is 2.33 bits per heavy atom. The van der Waals surface area contributed by atoms with Crippen molar-refractivity contribution in [3.63, 3.8) is 0 Å². The van der Waals surface area contributed by atoms with Crippen LogP contribution >= 0.6 is 12.8 Å². The summed E-state index contributed by atoms with van der Waals surface area (Å²) in [7, 11) is -1.96. The van der Waals surface area contributed by atoms with Crippen LogP contribution in [0.25, 0.3) is 0 Å². The van der Waals surface area contributed by atoms with Crippen molar-refractivity contribution >= 4 is 22.5 Å². The minimum absolute atomic E-state index is 0.538. The molecule has 1 aliphatic heterocycles. The minimum Gasteiger partial charge on any atom is -0.379 e. The fourth-order valence-corrected chi connectivity index (χ4v) is 2.28.